The third-order valence-electron chi connectivity index (χ3n) is 3.28. The van der Waals surface area contributed by atoms with Crippen LogP contribution in [0.2, 0.25) is 0 Å². The highest BCUT2D eigenvalue weighted by Gasteiger charge is 2.05. The molecule has 22 heavy (non-hydrogen) atoms. The van der Waals surface area contributed by atoms with Gasteiger partial charge in [-0.15, -0.1) is 0 Å². The fourth-order valence-corrected chi connectivity index (χ4v) is 2.33. The molecule has 0 radical (unpaired) electrons. The largest absolute Gasteiger partial charge is 1.00 e. The van der Waals surface area contributed by atoms with Crippen LogP contribution in [0.5, 0.6) is 0 Å². The van der Waals surface area contributed by atoms with Gasteiger partial charge in [-0.3, -0.25) is 0 Å². The van der Waals surface area contributed by atoms with E-state index in [0.717, 1.165) is 13.1 Å². The molecule has 2 aromatic heterocycles. The maximum atomic E-state index is 2.28. The summed E-state index contributed by atoms with van der Waals surface area (Å²) in [4.78, 5) is 0. The maximum absolute atomic E-state index is 2.28. The van der Waals surface area contributed by atoms with Gasteiger partial charge in [0.25, 0.3) is 0 Å². The second-order valence-corrected chi connectivity index (χ2v) is 4.92. The molecule has 1 aromatic carbocycles. The van der Waals surface area contributed by atoms with Crippen molar-refractivity contribution in [1.29, 1.82) is 0 Å². The molecule has 0 spiro atoms. The molecule has 0 saturated heterocycles. The van der Waals surface area contributed by atoms with Crippen molar-refractivity contribution >= 4 is 0 Å². The van der Waals surface area contributed by atoms with E-state index in [1.165, 1.54) is 11.1 Å². The average Bonchev–Trinajstić information content (AvgIpc) is 2.50. The Bertz CT molecular complexity index is 616. The van der Waals surface area contributed by atoms with Crippen LogP contribution in [0.15, 0.2) is 85.5 Å². The second-order valence-electron chi connectivity index (χ2n) is 4.92. The summed E-state index contributed by atoms with van der Waals surface area (Å²) in [5.74, 6) is 0. The Balaban J connectivity index is 0.00000121. The molecule has 0 N–H and O–H groups in total. The lowest BCUT2D eigenvalue weighted by atomic mass is 10.1. The third kappa shape index (κ3) is 5.14. The molecule has 0 aliphatic carbocycles. The Morgan fingerprint density at radius 1 is 0.545 bits per heavy atom. The minimum Gasteiger partial charge on any atom is -1.00 e. The summed E-state index contributed by atoms with van der Waals surface area (Å²) in [5.41, 5.74) is 2.66. The van der Waals surface area contributed by atoms with Gasteiger partial charge in [-0.05, 0) is 6.07 Å². The highest BCUT2D eigenvalue weighted by molar-refractivity contribution is 5.22. The summed E-state index contributed by atoms with van der Waals surface area (Å²) >= 11 is 0. The number of hydrogen-bond acceptors (Lipinski definition) is 0. The first kappa shape index (κ1) is 18.1. The lowest BCUT2D eigenvalue weighted by molar-refractivity contribution is -0.689. The second kappa shape index (κ2) is 9.19. The van der Waals surface area contributed by atoms with Crippen molar-refractivity contribution < 1.29 is 33.9 Å². The molecule has 4 heteroatoms. The SMILES string of the molecule is [Cl-].[Cl-].c1cc[n+](Cc2cccc(C[n+]3ccccc3)c2)cc1. The van der Waals surface area contributed by atoms with Gasteiger partial charge < -0.3 is 24.8 Å². The predicted octanol–water partition coefficient (Wildman–Crippen LogP) is -3.63. The standard InChI is InChI=1S/C18H18N2.2ClH/c1-3-10-19(11-4-1)15-17-8-7-9-18(14-17)16-20-12-5-2-6-13-20;;/h1-14H,15-16H2;2*1H/q+2;;/p-2. The molecular formula is C18H18Cl2N2. The van der Waals surface area contributed by atoms with Crippen molar-refractivity contribution in [2.45, 2.75) is 13.1 Å². The number of aromatic nitrogens is 2. The number of hydrogen-bond donors (Lipinski definition) is 0. The van der Waals surface area contributed by atoms with E-state index in [-0.39, 0.29) is 24.8 Å². The molecule has 0 atom stereocenters. The third-order valence-corrected chi connectivity index (χ3v) is 3.28. The molecule has 114 valence electrons. The molecule has 0 aliphatic heterocycles. The molecule has 2 heterocycles. The topological polar surface area (TPSA) is 7.76 Å². The first-order chi connectivity index (χ1) is 9.90. The van der Waals surface area contributed by atoms with E-state index in [0.29, 0.717) is 0 Å². The maximum Gasteiger partial charge on any atom is 0.173 e. The van der Waals surface area contributed by atoms with E-state index in [4.69, 9.17) is 0 Å². The van der Waals surface area contributed by atoms with E-state index < -0.39 is 0 Å². The normalized spacial score (nSPS) is 9.45. The Labute approximate surface area is 143 Å². The van der Waals surface area contributed by atoms with Crippen LogP contribution in [0.4, 0.5) is 0 Å². The van der Waals surface area contributed by atoms with Gasteiger partial charge in [0, 0.05) is 35.4 Å². The van der Waals surface area contributed by atoms with E-state index in [1.54, 1.807) is 0 Å². The van der Waals surface area contributed by atoms with Crippen molar-refractivity contribution in [2.24, 2.45) is 0 Å². The molecule has 0 bridgehead atoms. The van der Waals surface area contributed by atoms with Gasteiger partial charge in [-0.1, -0.05) is 30.3 Å². The van der Waals surface area contributed by atoms with Crippen LogP contribution in [0, 0.1) is 0 Å². The van der Waals surface area contributed by atoms with Gasteiger partial charge in [0.1, 0.15) is 0 Å². The molecule has 0 aliphatic rings. The van der Waals surface area contributed by atoms with Crippen molar-refractivity contribution in [3.8, 4) is 0 Å². The number of rotatable bonds is 4. The van der Waals surface area contributed by atoms with Crippen molar-refractivity contribution in [3.05, 3.63) is 96.6 Å². The van der Waals surface area contributed by atoms with Crippen LogP contribution in [0.1, 0.15) is 11.1 Å². The zero-order valence-corrected chi connectivity index (χ0v) is 13.7. The monoisotopic (exact) mass is 332 g/mol. The minimum absolute atomic E-state index is 0. The van der Waals surface area contributed by atoms with E-state index in [2.05, 4.69) is 82.5 Å². The molecule has 0 fully saturated rings. The Kier molecular flexibility index (Phi) is 7.58. The molecule has 3 aromatic rings. The minimum atomic E-state index is 0. The lowest BCUT2D eigenvalue weighted by Crippen LogP contribution is -3.00. The number of pyridine rings is 2. The Hall–Kier alpha value is -1.90. The first-order valence-corrected chi connectivity index (χ1v) is 6.86. The van der Waals surface area contributed by atoms with Crippen molar-refractivity contribution in [1.82, 2.24) is 0 Å². The van der Waals surface area contributed by atoms with E-state index >= 15 is 0 Å². The van der Waals surface area contributed by atoms with E-state index in [1.807, 2.05) is 12.1 Å². The molecule has 2 nitrogen and oxygen atoms in total. The molecule has 3 rings (SSSR count). The van der Waals surface area contributed by atoms with Gasteiger partial charge in [0.2, 0.25) is 0 Å². The van der Waals surface area contributed by atoms with Crippen LogP contribution in [-0.2, 0) is 13.1 Å². The molecule has 0 unspecified atom stereocenters. The Morgan fingerprint density at radius 2 is 0.955 bits per heavy atom. The summed E-state index contributed by atoms with van der Waals surface area (Å²) < 4.78 is 4.38. The van der Waals surface area contributed by atoms with Crippen molar-refractivity contribution in [2.75, 3.05) is 0 Å². The average molecular weight is 333 g/mol. The number of halogens is 2. The zero-order valence-electron chi connectivity index (χ0n) is 12.1. The smallest absolute Gasteiger partial charge is 0.173 e. The highest BCUT2D eigenvalue weighted by Crippen LogP contribution is 2.05. The fourth-order valence-electron chi connectivity index (χ4n) is 2.33. The summed E-state index contributed by atoms with van der Waals surface area (Å²) in [6.07, 6.45) is 8.38. The summed E-state index contributed by atoms with van der Waals surface area (Å²) in [5, 5.41) is 0. The number of benzene rings is 1. The highest BCUT2D eigenvalue weighted by atomic mass is 35.5. The van der Waals surface area contributed by atoms with Crippen LogP contribution in [0.3, 0.4) is 0 Å². The van der Waals surface area contributed by atoms with Crippen LogP contribution >= 0.6 is 0 Å². The Morgan fingerprint density at radius 3 is 1.36 bits per heavy atom. The zero-order chi connectivity index (χ0) is 13.6. The van der Waals surface area contributed by atoms with Gasteiger partial charge in [0.05, 0.1) is 0 Å². The van der Waals surface area contributed by atoms with Gasteiger partial charge in [-0.2, -0.15) is 0 Å². The molecular weight excluding hydrogens is 315 g/mol. The number of nitrogens with zero attached hydrogens (tertiary/aromatic N) is 2. The van der Waals surface area contributed by atoms with Crippen molar-refractivity contribution in [3.63, 3.8) is 0 Å². The van der Waals surface area contributed by atoms with E-state index in [9.17, 15) is 0 Å². The quantitative estimate of drug-likeness (QED) is 0.436. The molecule has 0 saturated carbocycles. The summed E-state index contributed by atoms with van der Waals surface area (Å²) in [7, 11) is 0. The fraction of sp³-hybridized carbons (Fsp3) is 0.111. The van der Waals surface area contributed by atoms with Gasteiger partial charge in [0.15, 0.2) is 37.9 Å². The molecule has 0 amide bonds. The van der Waals surface area contributed by atoms with Crippen LogP contribution < -0.4 is 33.9 Å². The predicted molar refractivity (Wildman–Crippen MR) is 77.9 cm³/mol. The van der Waals surface area contributed by atoms with Crippen LogP contribution in [0.25, 0.3) is 0 Å². The first-order valence-electron chi connectivity index (χ1n) is 6.86. The van der Waals surface area contributed by atoms with Crippen LogP contribution in [-0.4, -0.2) is 0 Å². The lowest BCUT2D eigenvalue weighted by Gasteiger charge is -2.01. The van der Waals surface area contributed by atoms with Gasteiger partial charge in [-0.25, -0.2) is 9.13 Å². The summed E-state index contributed by atoms with van der Waals surface area (Å²) in [6.45, 7) is 1.82. The van der Waals surface area contributed by atoms with Gasteiger partial charge >= 0.3 is 0 Å². The summed E-state index contributed by atoms with van der Waals surface area (Å²) in [6, 6.07) is 21.1.